The molecule has 0 aliphatic rings. The molecule has 0 fully saturated rings. The highest BCUT2D eigenvalue weighted by molar-refractivity contribution is 6.00. The highest BCUT2D eigenvalue weighted by Crippen LogP contribution is 2.25. The maximum absolute atomic E-state index is 14.2. The number of nitrogens with zero attached hydrogens (tertiary/aromatic N) is 3. The zero-order chi connectivity index (χ0) is 19.5. The molecular weight excluding hydrogens is 361 g/mol. The zero-order valence-electron chi connectivity index (χ0n) is 14.9. The molecule has 0 spiro atoms. The van der Waals surface area contributed by atoms with E-state index in [9.17, 15) is 9.18 Å². The van der Waals surface area contributed by atoms with Gasteiger partial charge in [0.25, 0.3) is 0 Å². The number of nitrogens with one attached hydrogen (secondary N) is 2. The van der Waals surface area contributed by atoms with E-state index in [1.54, 1.807) is 53.2 Å². The van der Waals surface area contributed by atoms with Gasteiger partial charge < -0.3 is 15.4 Å². The molecule has 8 heteroatoms. The number of carbonyl (C=O) groups is 1. The number of hydrogen-bond acceptors (Lipinski definition) is 4. The number of amides is 2. The molecule has 2 aromatic heterocycles. The largest absolute Gasteiger partial charge is 0.480 e. The van der Waals surface area contributed by atoms with E-state index >= 15 is 0 Å². The molecule has 0 radical (unpaired) electrons. The molecule has 0 aliphatic heterocycles. The lowest BCUT2D eigenvalue weighted by atomic mass is 10.1. The second kappa shape index (κ2) is 7.36. The monoisotopic (exact) mass is 377 g/mol. The minimum Gasteiger partial charge on any atom is -0.480 e. The van der Waals surface area contributed by atoms with Crippen LogP contribution < -0.4 is 15.4 Å². The van der Waals surface area contributed by atoms with Crippen molar-refractivity contribution in [2.45, 2.75) is 0 Å². The third kappa shape index (κ3) is 3.61. The summed E-state index contributed by atoms with van der Waals surface area (Å²) in [5.74, 6) is -0.0917. The molecule has 2 aromatic carbocycles. The molecule has 2 amide bonds. The Hall–Kier alpha value is -3.94. The fourth-order valence-corrected chi connectivity index (χ4v) is 2.70. The van der Waals surface area contributed by atoms with Gasteiger partial charge in [-0.1, -0.05) is 18.2 Å². The van der Waals surface area contributed by atoms with Crippen molar-refractivity contribution in [2.24, 2.45) is 0 Å². The van der Waals surface area contributed by atoms with Crippen LogP contribution in [-0.4, -0.2) is 27.7 Å². The van der Waals surface area contributed by atoms with Crippen LogP contribution in [0, 0.1) is 5.82 Å². The number of halogens is 1. The Bertz CT molecular complexity index is 1140. The van der Waals surface area contributed by atoms with Crippen molar-refractivity contribution in [1.29, 1.82) is 0 Å². The highest BCUT2D eigenvalue weighted by Gasteiger charge is 2.12. The van der Waals surface area contributed by atoms with Crippen LogP contribution in [-0.2, 0) is 0 Å². The van der Waals surface area contributed by atoms with Crippen LogP contribution in [0.2, 0.25) is 0 Å². The van der Waals surface area contributed by atoms with Crippen LogP contribution in [0.3, 0.4) is 0 Å². The van der Waals surface area contributed by atoms with Crippen molar-refractivity contribution in [1.82, 2.24) is 14.6 Å². The molecule has 4 rings (SSSR count). The van der Waals surface area contributed by atoms with Crippen molar-refractivity contribution in [3.05, 3.63) is 72.7 Å². The van der Waals surface area contributed by atoms with Gasteiger partial charge in [-0.2, -0.15) is 0 Å². The summed E-state index contributed by atoms with van der Waals surface area (Å²) >= 11 is 0. The Morgan fingerprint density at radius 2 is 1.89 bits per heavy atom. The second-order valence-corrected chi connectivity index (χ2v) is 5.94. The summed E-state index contributed by atoms with van der Waals surface area (Å²) in [5, 5.41) is 9.43. The average Bonchev–Trinajstić information content (AvgIpc) is 3.13. The highest BCUT2D eigenvalue weighted by atomic mass is 19.1. The maximum atomic E-state index is 14.2. The number of carbonyl (C=O) groups excluding carboxylic acids is 1. The number of benzene rings is 2. The molecule has 0 saturated carbocycles. The van der Waals surface area contributed by atoms with Crippen LogP contribution in [0.15, 0.2) is 66.9 Å². The van der Waals surface area contributed by atoms with Gasteiger partial charge >= 0.3 is 6.03 Å². The van der Waals surface area contributed by atoms with Gasteiger partial charge in [0.1, 0.15) is 5.82 Å². The quantitative estimate of drug-likeness (QED) is 0.559. The number of anilines is 2. The first kappa shape index (κ1) is 17.5. The molecule has 0 bridgehead atoms. The van der Waals surface area contributed by atoms with Crippen LogP contribution >= 0.6 is 0 Å². The number of rotatable bonds is 4. The van der Waals surface area contributed by atoms with E-state index in [-0.39, 0.29) is 5.69 Å². The van der Waals surface area contributed by atoms with E-state index in [0.29, 0.717) is 28.5 Å². The normalized spacial score (nSPS) is 10.6. The summed E-state index contributed by atoms with van der Waals surface area (Å²) in [6.45, 7) is 0. The fraction of sp³-hybridized carbons (Fsp3) is 0.0500. The number of fused-ring (bicyclic) bond motifs is 1. The van der Waals surface area contributed by atoms with E-state index in [1.807, 2.05) is 6.07 Å². The third-order valence-electron chi connectivity index (χ3n) is 4.05. The minimum absolute atomic E-state index is 0.0496. The smallest absolute Gasteiger partial charge is 0.323 e. The van der Waals surface area contributed by atoms with Crippen LogP contribution in [0.5, 0.6) is 5.88 Å². The van der Waals surface area contributed by atoms with Crippen LogP contribution in [0.1, 0.15) is 0 Å². The molecule has 0 aliphatic carbocycles. The Morgan fingerprint density at radius 3 is 2.68 bits per heavy atom. The minimum atomic E-state index is -0.546. The first-order valence-corrected chi connectivity index (χ1v) is 8.46. The van der Waals surface area contributed by atoms with E-state index in [4.69, 9.17) is 4.74 Å². The zero-order valence-corrected chi connectivity index (χ0v) is 14.9. The van der Waals surface area contributed by atoms with E-state index in [0.717, 1.165) is 0 Å². The van der Waals surface area contributed by atoms with Gasteiger partial charge in [0.15, 0.2) is 5.65 Å². The lowest BCUT2D eigenvalue weighted by molar-refractivity contribution is 0.262. The van der Waals surface area contributed by atoms with E-state index in [2.05, 4.69) is 20.7 Å². The summed E-state index contributed by atoms with van der Waals surface area (Å²) < 4.78 is 20.9. The van der Waals surface area contributed by atoms with Crippen molar-refractivity contribution in [3.63, 3.8) is 0 Å². The first-order chi connectivity index (χ1) is 13.6. The Morgan fingerprint density at radius 1 is 1.07 bits per heavy atom. The molecule has 140 valence electrons. The lowest BCUT2D eigenvalue weighted by Crippen LogP contribution is -2.20. The number of urea groups is 1. The summed E-state index contributed by atoms with van der Waals surface area (Å²) in [6.07, 6.45) is 1.71. The summed E-state index contributed by atoms with van der Waals surface area (Å²) in [7, 11) is 1.53. The number of para-hydroxylation sites is 1. The van der Waals surface area contributed by atoms with Gasteiger partial charge in [-0.3, -0.25) is 0 Å². The molecule has 2 heterocycles. The fourth-order valence-electron chi connectivity index (χ4n) is 2.70. The molecule has 0 unspecified atom stereocenters. The Kier molecular flexibility index (Phi) is 4.59. The number of imidazole rings is 1. The Balaban J connectivity index is 1.59. The van der Waals surface area contributed by atoms with E-state index < -0.39 is 11.8 Å². The number of ether oxygens (including phenoxy) is 1. The van der Waals surface area contributed by atoms with E-state index in [1.165, 1.54) is 19.2 Å². The molecular formula is C20H16FN5O2. The van der Waals surface area contributed by atoms with Crippen molar-refractivity contribution in [3.8, 4) is 17.1 Å². The van der Waals surface area contributed by atoms with Crippen molar-refractivity contribution >= 4 is 23.1 Å². The number of aromatic nitrogens is 3. The SMILES string of the molecule is COc1ccc2nc(-c3ccc(F)c(NC(=O)Nc4ccccc4)c3)cn2n1. The van der Waals surface area contributed by atoms with Gasteiger partial charge in [-0.25, -0.2) is 18.7 Å². The molecule has 7 nitrogen and oxygen atoms in total. The average molecular weight is 377 g/mol. The molecule has 0 saturated heterocycles. The predicted octanol–water partition coefficient (Wildman–Crippen LogP) is 4.19. The molecule has 4 aromatic rings. The Labute approximate surface area is 159 Å². The molecule has 28 heavy (non-hydrogen) atoms. The molecule has 2 N–H and O–H groups in total. The predicted molar refractivity (Wildman–Crippen MR) is 104 cm³/mol. The van der Waals surface area contributed by atoms with Crippen LogP contribution in [0.4, 0.5) is 20.6 Å². The summed E-state index contributed by atoms with van der Waals surface area (Å²) in [5.41, 5.74) is 2.51. The third-order valence-corrected chi connectivity index (χ3v) is 4.05. The lowest BCUT2D eigenvalue weighted by Gasteiger charge is -2.09. The standard InChI is InChI=1S/C20H16FN5O2/c1-28-19-10-9-18-23-17(12-26(18)25-19)13-7-8-15(21)16(11-13)24-20(27)22-14-5-3-2-4-6-14/h2-12H,1H3,(H2,22,24,27). The summed E-state index contributed by atoms with van der Waals surface area (Å²) in [4.78, 5) is 16.6. The van der Waals surface area contributed by atoms with Gasteiger partial charge in [0.2, 0.25) is 5.88 Å². The summed E-state index contributed by atoms with van der Waals surface area (Å²) in [6, 6.07) is 16.2. The topological polar surface area (TPSA) is 80.5 Å². The van der Waals surface area contributed by atoms with Crippen LogP contribution in [0.25, 0.3) is 16.9 Å². The first-order valence-electron chi connectivity index (χ1n) is 8.46. The second-order valence-electron chi connectivity index (χ2n) is 5.94. The number of methoxy groups -OCH3 is 1. The molecule has 0 atom stereocenters. The van der Waals surface area contributed by atoms with Gasteiger partial charge in [0, 0.05) is 17.3 Å². The van der Waals surface area contributed by atoms with Gasteiger partial charge in [0.05, 0.1) is 24.7 Å². The maximum Gasteiger partial charge on any atom is 0.323 e. The number of hydrogen-bond donors (Lipinski definition) is 2. The van der Waals surface area contributed by atoms with Crippen molar-refractivity contribution < 1.29 is 13.9 Å². The van der Waals surface area contributed by atoms with Crippen molar-refractivity contribution in [2.75, 3.05) is 17.7 Å². The van der Waals surface area contributed by atoms with Gasteiger partial charge in [-0.05, 0) is 36.4 Å². The van der Waals surface area contributed by atoms with Gasteiger partial charge in [-0.15, -0.1) is 5.10 Å².